The molecular formula is C14H24N4O2S. The highest BCUT2D eigenvalue weighted by molar-refractivity contribution is 7.08. The van der Waals surface area contributed by atoms with Gasteiger partial charge >= 0.3 is 0 Å². The number of hydrogen-bond donors (Lipinski definition) is 1. The standard InChI is InChI=1S/C14H24N4O2S/c1-10(2)12-13(21-17-16-12)14(19)18-7-4-11(5-8-18)20-9-3-6-15/h10-11H,3-9,15H2,1-2H3. The molecule has 2 N–H and O–H groups in total. The molecular weight excluding hydrogens is 288 g/mol. The zero-order valence-electron chi connectivity index (χ0n) is 12.7. The van der Waals surface area contributed by atoms with Gasteiger partial charge in [0.2, 0.25) is 0 Å². The molecule has 6 nitrogen and oxygen atoms in total. The van der Waals surface area contributed by atoms with Crippen LogP contribution in [-0.4, -0.2) is 52.7 Å². The molecule has 1 fully saturated rings. The first-order valence-electron chi connectivity index (χ1n) is 7.56. The number of piperidine rings is 1. The lowest BCUT2D eigenvalue weighted by Crippen LogP contribution is -2.41. The number of rotatable bonds is 6. The van der Waals surface area contributed by atoms with Gasteiger partial charge in [0.1, 0.15) is 4.88 Å². The van der Waals surface area contributed by atoms with Crippen molar-refractivity contribution >= 4 is 17.4 Å². The monoisotopic (exact) mass is 312 g/mol. The van der Waals surface area contributed by atoms with Crippen LogP contribution in [0, 0.1) is 0 Å². The van der Waals surface area contributed by atoms with Gasteiger partial charge in [-0.3, -0.25) is 4.79 Å². The lowest BCUT2D eigenvalue weighted by molar-refractivity contribution is 0.00854. The molecule has 0 bridgehead atoms. The Morgan fingerprint density at radius 2 is 2.19 bits per heavy atom. The largest absolute Gasteiger partial charge is 0.378 e. The molecule has 0 saturated carbocycles. The molecule has 0 aliphatic carbocycles. The van der Waals surface area contributed by atoms with Gasteiger partial charge in [-0.05, 0) is 43.3 Å². The van der Waals surface area contributed by atoms with Gasteiger partial charge in [-0.2, -0.15) is 0 Å². The van der Waals surface area contributed by atoms with Crippen molar-refractivity contribution in [1.29, 1.82) is 0 Å². The number of nitrogens with zero attached hydrogens (tertiary/aromatic N) is 3. The quantitative estimate of drug-likeness (QED) is 0.807. The third-order valence-corrected chi connectivity index (χ3v) is 4.42. The van der Waals surface area contributed by atoms with Crippen molar-refractivity contribution < 1.29 is 9.53 Å². The van der Waals surface area contributed by atoms with E-state index in [4.69, 9.17) is 10.5 Å². The van der Waals surface area contributed by atoms with Crippen molar-refractivity contribution in [3.63, 3.8) is 0 Å². The fraction of sp³-hybridized carbons (Fsp3) is 0.786. The van der Waals surface area contributed by atoms with Gasteiger partial charge in [-0.25, -0.2) is 0 Å². The maximum absolute atomic E-state index is 12.6. The zero-order chi connectivity index (χ0) is 15.2. The normalized spacial score (nSPS) is 16.7. The molecule has 1 aliphatic heterocycles. The molecule has 118 valence electrons. The average molecular weight is 312 g/mol. The van der Waals surface area contributed by atoms with Crippen molar-refractivity contribution in [2.24, 2.45) is 5.73 Å². The molecule has 2 rings (SSSR count). The minimum atomic E-state index is 0.0640. The maximum atomic E-state index is 12.6. The lowest BCUT2D eigenvalue weighted by atomic mass is 10.1. The van der Waals surface area contributed by atoms with E-state index in [9.17, 15) is 4.79 Å². The second kappa shape index (κ2) is 7.82. The second-order valence-corrected chi connectivity index (χ2v) is 6.40. The highest BCUT2D eigenvalue weighted by atomic mass is 32.1. The Labute approximate surface area is 129 Å². The first-order chi connectivity index (χ1) is 10.1. The second-order valence-electron chi connectivity index (χ2n) is 5.65. The Hall–Kier alpha value is -1.05. The van der Waals surface area contributed by atoms with Gasteiger partial charge in [0.15, 0.2) is 0 Å². The number of carbonyl (C=O) groups is 1. The maximum Gasteiger partial charge on any atom is 0.267 e. The van der Waals surface area contributed by atoms with Crippen molar-refractivity contribution in [2.75, 3.05) is 26.2 Å². The van der Waals surface area contributed by atoms with Gasteiger partial charge in [-0.1, -0.05) is 18.3 Å². The van der Waals surface area contributed by atoms with Crippen LogP contribution >= 0.6 is 11.5 Å². The fourth-order valence-electron chi connectivity index (χ4n) is 2.43. The summed E-state index contributed by atoms with van der Waals surface area (Å²) in [7, 11) is 0. The van der Waals surface area contributed by atoms with Crippen LogP contribution in [0.25, 0.3) is 0 Å². The molecule has 0 unspecified atom stereocenters. The molecule has 1 aromatic heterocycles. The van der Waals surface area contributed by atoms with Crippen LogP contribution in [0.2, 0.25) is 0 Å². The summed E-state index contributed by atoms with van der Waals surface area (Å²) >= 11 is 1.20. The summed E-state index contributed by atoms with van der Waals surface area (Å²) in [5, 5.41) is 4.08. The summed E-state index contributed by atoms with van der Waals surface area (Å²) < 4.78 is 9.70. The van der Waals surface area contributed by atoms with Gasteiger partial charge < -0.3 is 15.4 Å². The summed E-state index contributed by atoms with van der Waals surface area (Å²) in [6.07, 6.45) is 2.92. The lowest BCUT2D eigenvalue weighted by Gasteiger charge is -2.31. The number of likely N-dealkylation sites (tertiary alicyclic amines) is 1. The molecule has 1 aliphatic rings. The highest BCUT2D eigenvalue weighted by Gasteiger charge is 2.27. The summed E-state index contributed by atoms with van der Waals surface area (Å²) in [6.45, 7) is 6.91. The summed E-state index contributed by atoms with van der Waals surface area (Å²) in [4.78, 5) is 15.1. The molecule has 2 heterocycles. The van der Waals surface area contributed by atoms with Crippen LogP contribution in [0.5, 0.6) is 0 Å². The third kappa shape index (κ3) is 4.21. The molecule has 7 heteroatoms. The molecule has 0 radical (unpaired) electrons. The van der Waals surface area contributed by atoms with Crippen molar-refractivity contribution in [1.82, 2.24) is 14.5 Å². The van der Waals surface area contributed by atoms with E-state index in [0.717, 1.165) is 38.0 Å². The van der Waals surface area contributed by atoms with E-state index >= 15 is 0 Å². The number of nitrogens with two attached hydrogens (primary N) is 1. The van der Waals surface area contributed by atoms with E-state index in [-0.39, 0.29) is 17.9 Å². The van der Waals surface area contributed by atoms with Gasteiger partial charge in [0, 0.05) is 19.7 Å². The Kier molecular flexibility index (Phi) is 6.08. The molecule has 1 amide bonds. The summed E-state index contributed by atoms with van der Waals surface area (Å²) in [5.74, 6) is 0.286. The van der Waals surface area contributed by atoms with E-state index in [1.165, 1.54) is 11.5 Å². The van der Waals surface area contributed by atoms with Crippen LogP contribution in [0.4, 0.5) is 0 Å². The molecule has 1 aromatic rings. The topological polar surface area (TPSA) is 81.3 Å². The molecule has 21 heavy (non-hydrogen) atoms. The number of hydrogen-bond acceptors (Lipinski definition) is 6. The van der Waals surface area contributed by atoms with E-state index in [2.05, 4.69) is 9.59 Å². The van der Waals surface area contributed by atoms with Crippen LogP contribution in [0.15, 0.2) is 0 Å². The summed E-state index contributed by atoms with van der Waals surface area (Å²) in [5.41, 5.74) is 6.27. The molecule has 0 atom stereocenters. The number of amides is 1. The predicted molar refractivity (Wildman–Crippen MR) is 82.5 cm³/mol. The van der Waals surface area contributed by atoms with Crippen molar-refractivity contribution in [3.8, 4) is 0 Å². The van der Waals surface area contributed by atoms with Gasteiger partial charge in [0.25, 0.3) is 5.91 Å². The Morgan fingerprint density at radius 1 is 1.48 bits per heavy atom. The van der Waals surface area contributed by atoms with E-state index in [1.807, 2.05) is 18.7 Å². The van der Waals surface area contributed by atoms with Crippen LogP contribution in [-0.2, 0) is 4.74 Å². The molecule has 0 spiro atoms. The predicted octanol–water partition coefficient (Wildman–Crippen LogP) is 1.63. The Morgan fingerprint density at radius 3 is 2.81 bits per heavy atom. The smallest absolute Gasteiger partial charge is 0.267 e. The van der Waals surface area contributed by atoms with Crippen molar-refractivity contribution in [3.05, 3.63) is 10.6 Å². The Balaban J connectivity index is 1.87. The minimum absolute atomic E-state index is 0.0640. The molecule has 0 aromatic carbocycles. The van der Waals surface area contributed by atoms with E-state index in [0.29, 0.717) is 18.0 Å². The van der Waals surface area contributed by atoms with E-state index in [1.54, 1.807) is 0 Å². The van der Waals surface area contributed by atoms with Crippen molar-refractivity contribution in [2.45, 2.75) is 45.1 Å². The average Bonchev–Trinajstić information content (AvgIpc) is 2.97. The van der Waals surface area contributed by atoms with Crippen LogP contribution < -0.4 is 5.73 Å². The fourth-order valence-corrected chi connectivity index (χ4v) is 3.21. The summed E-state index contributed by atoms with van der Waals surface area (Å²) in [6, 6.07) is 0. The number of ether oxygens (including phenoxy) is 1. The van der Waals surface area contributed by atoms with E-state index < -0.39 is 0 Å². The third-order valence-electron chi connectivity index (χ3n) is 3.69. The number of aromatic nitrogens is 2. The highest BCUT2D eigenvalue weighted by Crippen LogP contribution is 2.23. The first kappa shape index (κ1) is 16.3. The SMILES string of the molecule is CC(C)c1nnsc1C(=O)N1CCC(OCCCN)CC1. The van der Waals surface area contributed by atoms with Gasteiger partial charge in [0.05, 0.1) is 11.8 Å². The minimum Gasteiger partial charge on any atom is -0.378 e. The number of carbonyl (C=O) groups excluding carboxylic acids is 1. The molecule has 1 saturated heterocycles. The first-order valence-corrected chi connectivity index (χ1v) is 8.34. The van der Waals surface area contributed by atoms with Crippen LogP contribution in [0.3, 0.4) is 0 Å². The zero-order valence-corrected chi connectivity index (χ0v) is 13.6. The van der Waals surface area contributed by atoms with Gasteiger partial charge in [-0.15, -0.1) is 5.10 Å². The van der Waals surface area contributed by atoms with Crippen LogP contribution in [0.1, 0.15) is 54.4 Å². The Bertz CT molecular complexity index is 456.